The summed E-state index contributed by atoms with van der Waals surface area (Å²) in [6.45, 7) is 3.77. The lowest BCUT2D eigenvalue weighted by Crippen LogP contribution is -2.33. The molecular weight excluding hydrogens is 469 g/mol. The zero-order valence-electron chi connectivity index (χ0n) is 20.0. The van der Waals surface area contributed by atoms with Crippen molar-refractivity contribution in [3.63, 3.8) is 0 Å². The highest BCUT2D eigenvalue weighted by atomic mass is 35.5. The second-order valence-electron chi connectivity index (χ2n) is 9.59. The zero-order valence-corrected chi connectivity index (χ0v) is 21.6. The molecule has 5 nitrogen and oxygen atoms in total. The number of aromatic carboxylic acids is 1. The van der Waals surface area contributed by atoms with E-state index in [0.29, 0.717) is 11.5 Å². The van der Waals surface area contributed by atoms with Gasteiger partial charge in [-0.1, -0.05) is 43.5 Å². The summed E-state index contributed by atoms with van der Waals surface area (Å²) in [5.74, 6) is -0.317. The number of benzene rings is 2. The first-order valence-electron chi connectivity index (χ1n) is 11.9. The van der Waals surface area contributed by atoms with Crippen LogP contribution in [0.3, 0.4) is 0 Å². The SMILES string of the molecule is CN(C)CCN1CCn2c(c(C3CCCCC3)c3ccc(C(=O)O)cc32)-c2ccccc21.Cl.Cl. The minimum atomic E-state index is -0.858. The third-order valence-electron chi connectivity index (χ3n) is 7.27. The fourth-order valence-electron chi connectivity index (χ4n) is 5.68. The minimum absolute atomic E-state index is 0. The first kappa shape index (κ1) is 26.4. The summed E-state index contributed by atoms with van der Waals surface area (Å²) in [5.41, 5.74) is 6.79. The molecule has 0 radical (unpaired) electrons. The molecule has 1 aromatic heterocycles. The van der Waals surface area contributed by atoms with Crippen molar-refractivity contribution in [2.75, 3.05) is 38.6 Å². The number of carbonyl (C=O) groups is 1. The van der Waals surface area contributed by atoms with Crippen LogP contribution in [-0.2, 0) is 6.54 Å². The molecule has 0 amide bonds. The molecule has 0 spiro atoms. The van der Waals surface area contributed by atoms with Gasteiger partial charge in [0.25, 0.3) is 0 Å². The number of halogens is 2. The quantitative estimate of drug-likeness (QED) is 0.444. The molecule has 1 saturated carbocycles. The van der Waals surface area contributed by atoms with E-state index in [0.717, 1.165) is 31.7 Å². The molecule has 34 heavy (non-hydrogen) atoms. The number of carboxylic acids is 1. The number of hydrogen-bond acceptors (Lipinski definition) is 3. The highest BCUT2D eigenvalue weighted by Gasteiger charge is 2.30. The van der Waals surface area contributed by atoms with Crippen LogP contribution < -0.4 is 4.90 Å². The van der Waals surface area contributed by atoms with E-state index < -0.39 is 5.97 Å². The Labute approximate surface area is 214 Å². The number of anilines is 1. The van der Waals surface area contributed by atoms with Crippen LogP contribution in [0.4, 0.5) is 5.69 Å². The van der Waals surface area contributed by atoms with Crippen LogP contribution in [0.15, 0.2) is 42.5 Å². The minimum Gasteiger partial charge on any atom is -0.478 e. The Morgan fingerprint density at radius 3 is 2.47 bits per heavy atom. The van der Waals surface area contributed by atoms with E-state index in [9.17, 15) is 9.90 Å². The van der Waals surface area contributed by atoms with Crippen molar-refractivity contribution < 1.29 is 9.90 Å². The van der Waals surface area contributed by atoms with Crippen LogP contribution in [0.2, 0.25) is 0 Å². The summed E-state index contributed by atoms with van der Waals surface area (Å²) >= 11 is 0. The van der Waals surface area contributed by atoms with E-state index >= 15 is 0 Å². The normalized spacial score (nSPS) is 15.8. The maximum atomic E-state index is 11.8. The van der Waals surface area contributed by atoms with Gasteiger partial charge in [0.1, 0.15) is 0 Å². The number of para-hydroxylation sites is 1. The molecule has 0 unspecified atom stereocenters. The van der Waals surface area contributed by atoms with Crippen LogP contribution in [0.5, 0.6) is 0 Å². The molecule has 2 aromatic carbocycles. The van der Waals surface area contributed by atoms with E-state index in [2.05, 4.69) is 58.8 Å². The number of nitrogens with zero attached hydrogens (tertiary/aromatic N) is 3. The molecule has 7 heteroatoms. The lowest BCUT2D eigenvalue weighted by atomic mass is 9.81. The average Bonchev–Trinajstić information content (AvgIpc) is 3.03. The molecule has 1 fully saturated rings. The Morgan fingerprint density at radius 2 is 1.76 bits per heavy atom. The lowest BCUT2D eigenvalue weighted by molar-refractivity contribution is 0.0697. The third-order valence-corrected chi connectivity index (χ3v) is 7.27. The number of rotatable bonds is 5. The van der Waals surface area contributed by atoms with E-state index in [4.69, 9.17) is 0 Å². The number of aromatic nitrogens is 1. The molecule has 1 N–H and O–H groups in total. The molecule has 0 atom stereocenters. The van der Waals surface area contributed by atoms with Gasteiger partial charge in [-0.15, -0.1) is 24.8 Å². The Kier molecular flexibility index (Phi) is 8.56. The summed E-state index contributed by atoms with van der Waals surface area (Å²) in [5, 5.41) is 10.9. The van der Waals surface area contributed by atoms with Crippen molar-refractivity contribution in [3.05, 3.63) is 53.6 Å². The monoisotopic (exact) mass is 503 g/mol. The Morgan fingerprint density at radius 1 is 1.03 bits per heavy atom. The average molecular weight is 505 g/mol. The van der Waals surface area contributed by atoms with Crippen molar-refractivity contribution in [2.45, 2.75) is 44.6 Å². The fraction of sp³-hybridized carbons (Fsp3) is 0.444. The summed E-state index contributed by atoms with van der Waals surface area (Å²) in [6, 6.07) is 14.5. The molecule has 0 saturated heterocycles. The topological polar surface area (TPSA) is 48.7 Å². The highest BCUT2D eigenvalue weighted by molar-refractivity contribution is 5.99. The lowest BCUT2D eigenvalue weighted by Gasteiger charge is -2.27. The smallest absolute Gasteiger partial charge is 0.335 e. The van der Waals surface area contributed by atoms with Crippen LogP contribution in [0, 0.1) is 0 Å². The van der Waals surface area contributed by atoms with E-state index in [-0.39, 0.29) is 24.8 Å². The van der Waals surface area contributed by atoms with Gasteiger partial charge < -0.3 is 19.5 Å². The van der Waals surface area contributed by atoms with Crippen molar-refractivity contribution in [3.8, 4) is 11.3 Å². The molecule has 3 aromatic rings. The maximum Gasteiger partial charge on any atom is 0.335 e. The Bertz CT molecular complexity index is 1150. The largest absolute Gasteiger partial charge is 0.478 e. The van der Waals surface area contributed by atoms with Gasteiger partial charge in [-0.25, -0.2) is 4.79 Å². The van der Waals surface area contributed by atoms with Crippen LogP contribution in [-0.4, -0.2) is 54.3 Å². The van der Waals surface area contributed by atoms with E-state index in [1.165, 1.54) is 60.0 Å². The van der Waals surface area contributed by atoms with Gasteiger partial charge in [-0.3, -0.25) is 0 Å². The molecule has 5 rings (SSSR count). The predicted octanol–water partition coefficient (Wildman–Crippen LogP) is 6.28. The van der Waals surface area contributed by atoms with Gasteiger partial charge >= 0.3 is 5.97 Å². The molecule has 184 valence electrons. The second kappa shape index (κ2) is 11.0. The van der Waals surface area contributed by atoms with Gasteiger partial charge in [0.2, 0.25) is 0 Å². The standard InChI is InChI=1S/C27H33N3O2.2ClH/c1-28(2)14-15-29-16-17-30-24-18-20(27(31)32)12-13-21(24)25(19-8-4-3-5-9-19)26(30)22-10-6-7-11-23(22)29;;/h6-7,10-13,18-19H,3-5,8-9,14-17H2,1-2H3,(H,31,32);2*1H. The van der Waals surface area contributed by atoms with Crippen molar-refractivity contribution >= 4 is 47.4 Å². The number of likely N-dealkylation sites (N-methyl/N-ethyl adjacent to an activating group) is 1. The molecule has 2 heterocycles. The first-order chi connectivity index (χ1) is 15.5. The molecule has 2 aliphatic rings. The predicted molar refractivity (Wildman–Crippen MR) is 145 cm³/mol. The summed E-state index contributed by atoms with van der Waals surface area (Å²) in [7, 11) is 4.24. The van der Waals surface area contributed by atoms with Crippen molar-refractivity contribution in [2.24, 2.45) is 0 Å². The van der Waals surface area contributed by atoms with Crippen LogP contribution in [0.25, 0.3) is 22.2 Å². The molecular formula is C27H35Cl2N3O2. The molecule has 0 bridgehead atoms. The fourth-order valence-corrected chi connectivity index (χ4v) is 5.68. The Hall–Kier alpha value is -2.21. The van der Waals surface area contributed by atoms with Gasteiger partial charge in [0, 0.05) is 48.3 Å². The highest BCUT2D eigenvalue weighted by Crippen LogP contribution is 2.47. The summed E-state index contributed by atoms with van der Waals surface area (Å²) in [6.07, 6.45) is 6.32. The number of carboxylic acid groups (broad SMARTS) is 1. The van der Waals surface area contributed by atoms with Gasteiger partial charge in [-0.05, 0) is 56.6 Å². The number of hydrogen-bond donors (Lipinski definition) is 1. The summed E-state index contributed by atoms with van der Waals surface area (Å²) in [4.78, 5) is 16.5. The summed E-state index contributed by atoms with van der Waals surface area (Å²) < 4.78 is 2.42. The van der Waals surface area contributed by atoms with Crippen molar-refractivity contribution in [1.82, 2.24) is 9.47 Å². The van der Waals surface area contributed by atoms with Crippen LogP contribution >= 0.6 is 24.8 Å². The second-order valence-corrected chi connectivity index (χ2v) is 9.59. The van der Waals surface area contributed by atoms with Gasteiger partial charge in [0.05, 0.1) is 11.3 Å². The molecule has 1 aliphatic heterocycles. The van der Waals surface area contributed by atoms with Gasteiger partial charge in [-0.2, -0.15) is 0 Å². The molecule has 1 aliphatic carbocycles. The number of fused-ring (bicyclic) bond motifs is 5. The van der Waals surface area contributed by atoms with E-state index in [1.807, 2.05) is 6.07 Å². The Balaban J connectivity index is 0.00000162. The van der Waals surface area contributed by atoms with Gasteiger partial charge in [0.15, 0.2) is 0 Å². The van der Waals surface area contributed by atoms with Crippen molar-refractivity contribution in [1.29, 1.82) is 0 Å². The van der Waals surface area contributed by atoms with E-state index in [1.54, 1.807) is 6.07 Å². The maximum absolute atomic E-state index is 11.8. The first-order valence-corrected chi connectivity index (χ1v) is 11.9. The third kappa shape index (κ3) is 4.79. The van der Waals surface area contributed by atoms with Crippen LogP contribution in [0.1, 0.15) is 53.9 Å². The zero-order chi connectivity index (χ0) is 22.2.